The first-order chi connectivity index (χ1) is 8.85. The fourth-order valence-electron chi connectivity index (χ4n) is 2.61. The van der Waals surface area contributed by atoms with Crippen molar-refractivity contribution in [2.24, 2.45) is 11.8 Å². The van der Waals surface area contributed by atoms with Crippen molar-refractivity contribution >= 4 is 6.09 Å². The molecule has 2 rings (SSSR count). The summed E-state index contributed by atoms with van der Waals surface area (Å²) in [6, 6.07) is 0.635. The third-order valence-corrected chi connectivity index (χ3v) is 4.00. The molecule has 0 aromatic heterocycles. The molecule has 19 heavy (non-hydrogen) atoms. The molecule has 2 atom stereocenters. The molecule has 110 valence electrons. The van der Waals surface area contributed by atoms with Gasteiger partial charge in [0.1, 0.15) is 5.60 Å². The van der Waals surface area contributed by atoms with Gasteiger partial charge in [0.25, 0.3) is 0 Å². The van der Waals surface area contributed by atoms with Crippen LogP contribution in [0, 0.1) is 11.8 Å². The van der Waals surface area contributed by atoms with E-state index in [1.165, 1.54) is 12.8 Å². The number of carbonyl (C=O) groups is 1. The number of nitrogens with one attached hydrogen (secondary N) is 1. The summed E-state index contributed by atoms with van der Waals surface area (Å²) in [5, 5.41) is 3.62. The average Bonchev–Trinajstić information content (AvgIpc) is 3.03. The fourth-order valence-corrected chi connectivity index (χ4v) is 2.61. The second kappa shape index (κ2) is 5.70. The summed E-state index contributed by atoms with van der Waals surface area (Å²) in [6.07, 6.45) is 3.68. The highest BCUT2D eigenvalue weighted by atomic mass is 16.6. The molecule has 0 bridgehead atoms. The van der Waals surface area contributed by atoms with Crippen molar-refractivity contribution in [1.82, 2.24) is 10.2 Å². The lowest BCUT2D eigenvalue weighted by molar-refractivity contribution is 0.0288. The minimum Gasteiger partial charge on any atom is -0.444 e. The van der Waals surface area contributed by atoms with Crippen LogP contribution in [0.5, 0.6) is 0 Å². The van der Waals surface area contributed by atoms with Gasteiger partial charge in [-0.25, -0.2) is 4.79 Å². The van der Waals surface area contributed by atoms with Crippen molar-refractivity contribution in [1.29, 1.82) is 0 Å². The molecule has 4 nitrogen and oxygen atoms in total. The molecule has 2 aliphatic rings. The molecule has 0 radical (unpaired) electrons. The van der Waals surface area contributed by atoms with Crippen molar-refractivity contribution in [3.8, 4) is 0 Å². The van der Waals surface area contributed by atoms with E-state index in [1.807, 2.05) is 25.7 Å². The van der Waals surface area contributed by atoms with Crippen molar-refractivity contribution < 1.29 is 9.53 Å². The third-order valence-electron chi connectivity index (χ3n) is 4.00. The molecule has 1 aliphatic heterocycles. The van der Waals surface area contributed by atoms with Gasteiger partial charge in [-0.15, -0.1) is 0 Å². The van der Waals surface area contributed by atoms with E-state index in [2.05, 4.69) is 12.2 Å². The summed E-state index contributed by atoms with van der Waals surface area (Å²) in [7, 11) is 0. The smallest absolute Gasteiger partial charge is 0.410 e. The molecule has 1 amide bonds. The van der Waals surface area contributed by atoms with Crippen LogP contribution in [0.4, 0.5) is 4.79 Å². The standard InChI is InChI=1S/C15H28N2O2/c1-11(13-5-6-13)16-9-12-7-8-17(10-12)14(18)19-15(2,3)4/h11-13,16H,5-10H2,1-4H3. The summed E-state index contributed by atoms with van der Waals surface area (Å²) in [5.74, 6) is 1.47. The molecule has 2 unspecified atom stereocenters. The van der Waals surface area contributed by atoms with Gasteiger partial charge in [0.2, 0.25) is 0 Å². The highest BCUT2D eigenvalue weighted by Crippen LogP contribution is 2.32. The Morgan fingerprint density at radius 2 is 2.05 bits per heavy atom. The Kier molecular flexibility index (Phi) is 4.39. The molecule has 1 saturated heterocycles. The monoisotopic (exact) mass is 268 g/mol. The zero-order valence-corrected chi connectivity index (χ0v) is 12.7. The number of hydrogen-bond donors (Lipinski definition) is 1. The Morgan fingerprint density at radius 3 is 2.63 bits per heavy atom. The zero-order valence-electron chi connectivity index (χ0n) is 12.7. The first-order valence-corrected chi connectivity index (χ1v) is 7.56. The number of carbonyl (C=O) groups excluding carboxylic acids is 1. The highest BCUT2D eigenvalue weighted by Gasteiger charge is 2.31. The topological polar surface area (TPSA) is 41.6 Å². The summed E-state index contributed by atoms with van der Waals surface area (Å²) in [4.78, 5) is 13.8. The predicted molar refractivity (Wildman–Crippen MR) is 76.1 cm³/mol. The van der Waals surface area contributed by atoms with E-state index in [9.17, 15) is 4.79 Å². The zero-order chi connectivity index (χ0) is 14.0. The average molecular weight is 268 g/mol. The van der Waals surface area contributed by atoms with E-state index in [4.69, 9.17) is 4.74 Å². The Balaban J connectivity index is 1.68. The number of likely N-dealkylation sites (tertiary alicyclic amines) is 1. The lowest BCUT2D eigenvalue weighted by Gasteiger charge is -2.24. The lowest BCUT2D eigenvalue weighted by atomic mass is 10.1. The van der Waals surface area contributed by atoms with E-state index in [0.717, 1.165) is 32.0 Å². The molecule has 1 aliphatic carbocycles. The normalized spacial score (nSPS) is 25.5. The number of ether oxygens (including phenoxy) is 1. The van der Waals surface area contributed by atoms with Crippen molar-refractivity contribution in [2.75, 3.05) is 19.6 Å². The van der Waals surface area contributed by atoms with Gasteiger partial charge >= 0.3 is 6.09 Å². The molecule has 0 aromatic carbocycles. The summed E-state index contributed by atoms with van der Waals surface area (Å²) >= 11 is 0. The van der Waals surface area contributed by atoms with E-state index in [-0.39, 0.29) is 6.09 Å². The maximum Gasteiger partial charge on any atom is 0.410 e. The summed E-state index contributed by atoms with van der Waals surface area (Å²) < 4.78 is 5.41. The Morgan fingerprint density at radius 1 is 1.37 bits per heavy atom. The second-order valence-electron chi connectivity index (χ2n) is 7.12. The second-order valence-corrected chi connectivity index (χ2v) is 7.12. The molecule has 1 N–H and O–H groups in total. The minimum atomic E-state index is -0.395. The van der Waals surface area contributed by atoms with Crippen LogP contribution in [-0.2, 0) is 4.74 Å². The van der Waals surface area contributed by atoms with Crippen LogP contribution < -0.4 is 5.32 Å². The number of amides is 1. The van der Waals surface area contributed by atoms with Gasteiger partial charge < -0.3 is 15.0 Å². The highest BCUT2D eigenvalue weighted by molar-refractivity contribution is 5.68. The quantitative estimate of drug-likeness (QED) is 0.852. The minimum absolute atomic E-state index is 0.162. The van der Waals surface area contributed by atoms with Gasteiger partial charge in [-0.2, -0.15) is 0 Å². The Hall–Kier alpha value is -0.770. The van der Waals surface area contributed by atoms with Crippen LogP contribution in [0.1, 0.15) is 47.0 Å². The predicted octanol–water partition coefficient (Wildman–Crippen LogP) is 2.63. The van der Waals surface area contributed by atoms with Crippen LogP contribution in [0.25, 0.3) is 0 Å². The van der Waals surface area contributed by atoms with Crippen molar-refractivity contribution in [3.05, 3.63) is 0 Å². The third kappa shape index (κ3) is 4.68. The van der Waals surface area contributed by atoms with Crippen LogP contribution >= 0.6 is 0 Å². The Bertz CT molecular complexity index is 321. The van der Waals surface area contributed by atoms with Gasteiger partial charge in [-0.3, -0.25) is 0 Å². The fraction of sp³-hybridized carbons (Fsp3) is 0.933. The SMILES string of the molecule is CC(NCC1CCN(C(=O)OC(C)(C)C)C1)C1CC1. The van der Waals surface area contributed by atoms with Gasteiger partial charge in [0.05, 0.1) is 0 Å². The molecule has 0 aromatic rings. The van der Waals surface area contributed by atoms with Crippen molar-refractivity contribution in [2.45, 2.75) is 58.6 Å². The largest absolute Gasteiger partial charge is 0.444 e. The first-order valence-electron chi connectivity index (χ1n) is 7.56. The van der Waals surface area contributed by atoms with Crippen LogP contribution in [0.2, 0.25) is 0 Å². The summed E-state index contributed by atoms with van der Waals surface area (Å²) in [6.45, 7) is 10.7. The lowest BCUT2D eigenvalue weighted by Crippen LogP contribution is -2.37. The first kappa shape index (κ1) is 14.6. The van der Waals surface area contributed by atoms with Gasteiger partial charge in [0.15, 0.2) is 0 Å². The van der Waals surface area contributed by atoms with E-state index in [1.54, 1.807) is 0 Å². The Labute approximate surface area is 116 Å². The molecule has 0 spiro atoms. The molecule has 4 heteroatoms. The van der Waals surface area contributed by atoms with E-state index in [0.29, 0.717) is 12.0 Å². The van der Waals surface area contributed by atoms with Crippen molar-refractivity contribution in [3.63, 3.8) is 0 Å². The molecular weight excluding hydrogens is 240 g/mol. The molecule has 2 fully saturated rings. The van der Waals surface area contributed by atoms with E-state index >= 15 is 0 Å². The van der Waals surface area contributed by atoms with Crippen LogP contribution in [0.3, 0.4) is 0 Å². The summed E-state index contributed by atoms with van der Waals surface area (Å²) in [5.41, 5.74) is -0.395. The number of hydrogen-bond acceptors (Lipinski definition) is 3. The van der Waals surface area contributed by atoms with E-state index < -0.39 is 5.60 Å². The van der Waals surface area contributed by atoms with Crippen LogP contribution in [0.15, 0.2) is 0 Å². The molecular formula is C15H28N2O2. The maximum atomic E-state index is 11.9. The molecule has 1 saturated carbocycles. The number of rotatable bonds is 4. The van der Waals surface area contributed by atoms with Gasteiger partial charge in [-0.1, -0.05) is 0 Å². The van der Waals surface area contributed by atoms with Gasteiger partial charge in [0, 0.05) is 19.1 Å². The number of nitrogens with zero attached hydrogens (tertiary/aromatic N) is 1. The molecule has 1 heterocycles. The van der Waals surface area contributed by atoms with Crippen LogP contribution in [-0.4, -0.2) is 42.3 Å². The van der Waals surface area contributed by atoms with Gasteiger partial charge in [-0.05, 0) is 65.3 Å². The maximum absolute atomic E-state index is 11.9.